The van der Waals surface area contributed by atoms with Crippen molar-refractivity contribution in [2.24, 2.45) is 11.8 Å². The molecule has 13 heteroatoms. The summed E-state index contributed by atoms with van der Waals surface area (Å²) in [4.78, 5) is 44.1. The Kier molecular flexibility index (Phi) is 10.1. The van der Waals surface area contributed by atoms with E-state index in [9.17, 15) is 27.6 Å². The van der Waals surface area contributed by atoms with Crippen LogP contribution in [-0.4, -0.2) is 92.7 Å². The summed E-state index contributed by atoms with van der Waals surface area (Å²) in [6.45, 7) is 5.24. The number of nitrogens with one attached hydrogen (secondary N) is 2. The Labute approximate surface area is 271 Å². The zero-order valence-electron chi connectivity index (χ0n) is 27.0. The highest BCUT2D eigenvalue weighted by molar-refractivity contribution is 5.98. The number of carbonyl (C=O) groups excluding carboxylic acids is 3. The summed E-state index contributed by atoms with van der Waals surface area (Å²) in [6.07, 6.45) is -3.25. The summed E-state index contributed by atoms with van der Waals surface area (Å²) in [5.41, 5.74) is 2.27. The lowest BCUT2D eigenvalue weighted by Crippen LogP contribution is -2.55. The first-order chi connectivity index (χ1) is 22.2. The molecule has 0 radical (unpaired) electrons. The van der Waals surface area contributed by atoms with E-state index >= 15 is 4.39 Å². The normalized spacial score (nSPS) is 24.0. The second-order valence-corrected chi connectivity index (χ2v) is 12.7. The third-order valence-electron chi connectivity index (χ3n) is 9.63. The maximum absolute atomic E-state index is 15.9. The minimum Gasteiger partial charge on any atom is -0.497 e. The molecule has 2 saturated heterocycles. The number of nitrogens with zero attached hydrogens (tertiary/aromatic N) is 3. The van der Waals surface area contributed by atoms with Crippen molar-refractivity contribution >= 4 is 34.7 Å². The number of amides is 3. The third-order valence-corrected chi connectivity index (χ3v) is 9.63. The van der Waals surface area contributed by atoms with E-state index in [4.69, 9.17) is 4.74 Å². The minimum atomic E-state index is -4.75. The number of piperazine rings is 1. The van der Waals surface area contributed by atoms with E-state index < -0.39 is 48.6 Å². The van der Waals surface area contributed by atoms with E-state index in [1.165, 1.54) is 12.1 Å². The van der Waals surface area contributed by atoms with Crippen molar-refractivity contribution in [1.29, 1.82) is 0 Å². The number of benzene rings is 2. The van der Waals surface area contributed by atoms with E-state index in [2.05, 4.69) is 15.5 Å². The van der Waals surface area contributed by atoms with Crippen LogP contribution in [0.3, 0.4) is 0 Å². The van der Waals surface area contributed by atoms with Crippen LogP contribution in [0.1, 0.15) is 37.8 Å². The van der Waals surface area contributed by atoms with Crippen molar-refractivity contribution in [2.75, 3.05) is 57.1 Å². The van der Waals surface area contributed by atoms with Crippen molar-refractivity contribution in [3.8, 4) is 5.75 Å². The highest BCUT2D eigenvalue weighted by Gasteiger charge is 2.50. The Morgan fingerprint density at radius 1 is 1.09 bits per heavy atom. The van der Waals surface area contributed by atoms with Crippen LogP contribution in [0.2, 0.25) is 0 Å². The molecular weight excluding hydrogens is 618 g/mol. The maximum atomic E-state index is 15.9. The standard InChI is InChI=1S/C34H41F4N5O4/c1-20-18-43(19-21(2)41(20)3)30-16-28(35)25(14-29(30)40-33(46)26-17-39-31(44)15-27(26)34(36,37)38)23-9-11-42(12-10-23)32(45)13-22-5-7-24(47-4)8-6-22/h5-9,14,16,20-21,26-27H,10-13,15,17-19H2,1-4H3,(H,39,44)(H,40,46)/t20-,21+,26?,27?. The van der Waals surface area contributed by atoms with Gasteiger partial charge in [-0.3, -0.25) is 19.3 Å². The number of methoxy groups -OCH3 is 1. The van der Waals surface area contributed by atoms with Crippen LogP contribution < -0.4 is 20.3 Å². The summed E-state index contributed by atoms with van der Waals surface area (Å²) < 4.78 is 62.8. The smallest absolute Gasteiger partial charge is 0.393 e. The zero-order chi connectivity index (χ0) is 34.0. The quantitative estimate of drug-likeness (QED) is 0.427. The Morgan fingerprint density at radius 2 is 1.77 bits per heavy atom. The molecule has 254 valence electrons. The van der Waals surface area contributed by atoms with Gasteiger partial charge in [0, 0.05) is 56.8 Å². The number of rotatable bonds is 7. The van der Waals surface area contributed by atoms with Gasteiger partial charge in [0.2, 0.25) is 17.7 Å². The lowest BCUT2D eigenvalue weighted by Gasteiger charge is -2.44. The van der Waals surface area contributed by atoms with Gasteiger partial charge in [0.25, 0.3) is 0 Å². The van der Waals surface area contributed by atoms with Crippen LogP contribution in [0.15, 0.2) is 42.5 Å². The lowest BCUT2D eigenvalue weighted by atomic mass is 9.84. The number of piperidine rings is 1. The number of anilines is 2. The third kappa shape index (κ3) is 7.72. The molecule has 3 aliphatic rings. The number of hydrogen-bond acceptors (Lipinski definition) is 6. The molecule has 0 bridgehead atoms. The van der Waals surface area contributed by atoms with Crippen molar-refractivity contribution in [2.45, 2.75) is 51.4 Å². The molecular formula is C34H41F4N5O4. The summed E-state index contributed by atoms with van der Waals surface area (Å²) >= 11 is 0. The SMILES string of the molecule is COc1ccc(CC(=O)N2CC=C(c3cc(NC(=O)C4CNC(=O)CC4C(F)(F)F)c(N4C[C@@H](C)N(C)[C@@H](C)C4)cc3F)CC2)cc1. The second-order valence-electron chi connectivity index (χ2n) is 12.7. The van der Waals surface area contributed by atoms with Crippen LogP contribution in [-0.2, 0) is 20.8 Å². The van der Waals surface area contributed by atoms with Gasteiger partial charge in [-0.15, -0.1) is 0 Å². The summed E-state index contributed by atoms with van der Waals surface area (Å²) in [5, 5.41) is 5.07. The van der Waals surface area contributed by atoms with Gasteiger partial charge in [-0.05, 0) is 62.7 Å². The van der Waals surface area contributed by atoms with Gasteiger partial charge in [0.05, 0.1) is 36.7 Å². The van der Waals surface area contributed by atoms with Crippen LogP contribution >= 0.6 is 0 Å². The Bertz CT molecular complexity index is 1520. The van der Waals surface area contributed by atoms with Crippen LogP contribution in [0.5, 0.6) is 5.75 Å². The minimum absolute atomic E-state index is 0.0775. The molecule has 47 heavy (non-hydrogen) atoms. The first kappa shape index (κ1) is 34.2. The molecule has 2 fully saturated rings. The topological polar surface area (TPSA) is 94.2 Å². The van der Waals surface area contributed by atoms with Gasteiger partial charge in [-0.25, -0.2) is 4.39 Å². The van der Waals surface area contributed by atoms with Crippen molar-refractivity contribution in [3.05, 3.63) is 59.4 Å². The van der Waals surface area contributed by atoms with Gasteiger partial charge in [0.15, 0.2) is 0 Å². The van der Waals surface area contributed by atoms with E-state index in [0.717, 1.165) is 5.56 Å². The van der Waals surface area contributed by atoms with Gasteiger partial charge >= 0.3 is 6.18 Å². The molecule has 3 amide bonds. The Balaban J connectivity index is 1.41. The molecule has 5 rings (SSSR count). The second kappa shape index (κ2) is 13.9. The van der Waals surface area contributed by atoms with Crippen LogP contribution in [0.25, 0.3) is 5.57 Å². The van der Waals surface area contributed by atoms with Crippen LogP contribution in [0.4, 0.5) is 28.9 Å². The molecule has 2 unspecified atom stereocenters. The van der Waals surface area contributed by atoms with Crippen molar-refractivity contribution < 1.29 is 36.7 Å². The van der Waals surface area contributed by atoms with Gasteiger partial charge in [0.1, 0.15) is 11.6 Å². The lowest BCUT2D eigenvalue weighted by molar-refractivity contribution is -0.197. The number of alkyl halides is 3. The molecule has 0 spiro atoms. The number of hydrogen-bond donors (Lipinski definition) is 2. The van der Waals surface area contributed by atoms with Crippen LogP contribution in [0, 0.1) is 17.7 Å². The van der Waals surface area contributed by atoms with Crippen molar-refractivity contribution in [3.63, 3.8) is 0 Å². The van der Waals surface area contributed by atoms with Gasteiger partial charge in [-0.2, -0.15) is 13.2 Å². The van der Waals surface area contributed by atoms with Crippen molar-refractivity contribution in [1.82, 2.24) is 15.1 Å². The van der Waals surface area contributed by atoms with E-state index in [-0.39, 0.29) is 42.2 Å². The molecule has 9 nitrogen and oxygen atoms in total. The average molecular weight is 660 g/mol. The predicted molar refractivity (Wildman–Crippen MR) is 170 cm³/mol. The fourth-order valence-electron chi connectivity index (χ4n) is 6.57. The molecule has 2 aromatic carbocycles. The Morgan fingerprint density at radius 3 is 2.36 bits per heavy atom. The molecule has 4 atom stereocenters. The monoisotopic (exact) mass is 659 g/mol. The first-order valence-electron chi connectivity index (χ1n) is 15.8. The molecule has 2 aromatic rings. The number of carbonyl (C=O) groups is 3. The van der Waals surface area contributed by atoms with E-state index in [0.29, 0.717) is 43.1 Å². The fourth-order valence-corrected chi connectivity index (χ4v) is 6.57. The molecule has 2 N–H and O–H groups in total. The van der Waals surface area contributed by atoms with Gasteiger partial charge < -0.3 is 25.2 Å². The molecule has 0 aliphatic carbocycles. The maximum Gasteiger partial charge on any atom is 0.393 e. The molecule has 3 aliphatic heterocycles. The summed E-state index contributed by atoms with van der Waals surface area (Å²) in [6, 6.07) is 10.2. The van der Waals surface area contributed by atoms with E-state index in [1.807, 2.05) is 37.9 Å². The highest BCUT2D eigenvalue weighted by Crippen LogP contribution is 2.39. The molecule has 0 saturated carbocycles. The number of likely N-dealkylation sites (N-methyl/N-ethyl adjacent to an activating group) is 1. The predicted octanol–water partition coefficient (Wildman–Crippen LogP) is 4.47. The van der Waals surface area contributed by atoms with E-state index in [1.54, 1.807) is 30.2 Å². The fraction of sp³-hybridized carbons (Fsp3) is 0.500. The highest BCUT2D eigenvalue weighted by atomic mass is 19.4. The number of ether oxygens (including phenoxy) is 1. The summed E-state index contributed by atoms with van der Waals surface area (Å²) in [5.74, 6) is -5.25. The first-order valence-corrected chi connectivity index (χ1v) is 15.8. The van der Waals surface area contributed by atoms with Gasteiger partial charge in [-0.1, -0.05) is 18.2 Å². The largest absolute Gasteiger partial charge is 0.497 e. The Hall–Kier alpha value is -4.13. The molecule has 0 aromatic heterocycles. The average Bonchev–Trinajstić information content (AvgIpc) is 3.04. The molecule has 3 heterocycles. The summed E-state index contributed by atoms with van der Waals surface area (Å²) in [7, 11) is 3.56. The number of halogens is 4. The zero-order valence-corrected chi connectivity index (χ0v) is 27.0.